The van der Waals surface area contributed by atoms with Crippen LogP contribution >= 0.6 is 15.9 Å². The molecule has 1 atom stereocenters. The molecule has 4 N–H and O–H groups in total. The first-order valence-electron chi connectivity index (χ1n) is 4.50. The van der Waals surface area contributed by atoms with E-state index in [0.29, 0.717) is 22.9 Å². The molecule has 4 heteroatoms. The molecule has 3 nitrogen and oxygen atoms in total. The van der Waals surface area contributed by atoms with E-state index in [2.05, 4.69) is 15.9 Å². The van der Waals surface area contributed by atoms with Crippen molar-refractivity contribution < 1.29 is 10.2 Å². The van der Waals surface area contributed by atoms with Crippen molar-refractivity contribution in [3.05, 3.63) is 28.2 Å². The second-order valence-electron chi connectivity index (χ2n) is 3.15. The number of aliphatic hydroxyl groups is 1. The minimum Gasteiger partial charge on any atom is -0.506 e. The fourth-order valence-electron chi connectivity index (χ4n) is 1.30. The van der Waals surface area contributed by atoms with Gasteiger partial charge in [0.2, 0.25) is 0 Å². The van der Waals surface area contributed by atoms with Crippen LogP contribution in [0.3, 0.4) is 0 Å². The van der Waals surface area contributed by atoms with Gasteiger partial charge < -0.3 is 15.9 Å². The summed E-state index contributed by atoms with van der Waals surface area (Å²) in [5, 5.41) is 18.3. The van der Waals surface area contributed by atoms with E-state index in [0.717, 1.165) is 0 Å². The van der Waals surface area contributed by atoms with Crippen LogP contribution in [0.25, 0.3) is 0 Å². The molecule has 0 aliphatic heterocycles. The molecule has 0 fully saturated rings. The minimum atomic E-state index is -0.223. The van der Waals surface area contributed by atoms with Gasteiger partial charge in [-0.15, -0.1) is 0 Å². The van der Waals surface area contributed by atoms with Crippen LogP contribution in [-0.2, 0) is 0 Å². The number of halogens is 1. The van der Waals surface area contributed by atoms with Gasteiger partial charge in [0, 0.05) is 18.2 Å². The Hall–Kier alpha value is -0.580. The van der Waals surface area contributed by atoms with Gasteiger partial charge in [-0.2, -0.15) is 0 Å². The monoisotopic (exact) mass is 259 g/mol. The number of phenols is 1. The van der Waals surface area contributed by atoms with Gasteiger partial charge in [0.15, 0.2) is 0 Å². The highest BCUT2D eigenvalue weighted by molar-refractivity contribution is 9.10. The summed E-state index contributed by atoms with van der Waals surface area (Å²) < 4.78 is 0.648. The van der Waals surface area contributed by atoms with Gasteiger partial charge in [0.1, 0.15) is 5.75 Å². The Morgan fingerprint density at radius 3 is 2.79 bits per heavy atom. The van der Waals surface area contributed by atoms with Gasteiger partial charge in [-0.25, -0.2) is 0 Å². The number of rotatable bonds is 4. The van der Waals surface area contributed by atoms with Crippen molar-refractivity contribution in [3.63, 3.8) is 0 Å². The van der Waals surface area contributed by atoms with Crippen LogP contribution in [-0.4, -0.2) is 16.8 Å². The number of benzene rings is 1. The van der Waals surface area contributed by atoms with E-state index in [1.807, 2.05) is 6.07 Å². The Balaban J connectivity index is 2.79. The van der Waals surface area contributed by atoms with E-state index in [4.69, 9.17) is 10.8 Å². The van der Waals surface area contributed by atoms with Crippen LogP contribution in [0.15, 0.2) is 22.7 Å². The first kappa shape index (κ1) is 11.5. The van der Waals surface area contributed by atoms with Crippen molar-refractivity contribution >= 4 is 15.9 Å². The summed E-state index contributed by atoms with van der Waals surface area (Å²) in [7, 11) is 0. The number of para-hydroxylation sites is 1. The van der Waals surface area contributed by atoms with Crippen LogP contribution in [0.1, 0.15) is 24.4 Å². The third-order valence-electron chi connectivity index (χ3n) is 2.09. The molecule has 0 spiro atoms. The molecule has 0 heterocycles. The predicted molar refractivity (Wildman–Crippen MR) is 59.1 cm³/mol. The van der Waals surface area contributed by atoms with E-state index >= 15 is 0 Å². The summed E-state index contributed by atoms with van der Waals surface area (Å²) in [6.07, 6.45) is 1.31. The highest BCUT2D eigenvalue weighted by Crippen LogP contribution is 2.32. The number of hydrogen-bond acceptors (Lipinski definition) is 3. The van der Waals surface area contributed by atoms with Crippen LogP contribution in [0, 0.1) is 0 Å². The van der Waals surface area contributed by atoms with E-state index in [-0.39, 0.29) is 18.4 Å². The molecule has 1 rings (SSSR count). The maximum Gasteiger partial charge on any atom is 0.134 e. The van der Waals surface area contributed by atoms with Crippen molar-refractivity contribution in [1.29, 1.82) is 0 Å². The molecule has 0 aliphatic rings. The van der Waals surface area contributed by atoms with Gasteiger partial charge in [0.05, 0.1) is 4.47 Å². The predicted octanol–water partition coefficient (Wildman–Crippen LogP) is 1.93. The highest BCUT2D eigenvalue weighted by atomic mass is 79.9. The minimum absolute atomic E-state index is 0.127. The van der Waals surface area contributed by atoms with Crippen LogP contribution in [0.4, 0.5) is 0 Å². The largest absolute Gasteiger partial charge is 0.506 e. The number of aliphatic hydroxyl groups excluding tert-OH is 1. The van der Waals surface area contributed by atoms with Crippen LogP contribution < -0.4 is 5.73 Å². The summed E-state index contributed by atoms with van der Waals surface area (Å²) >= 11 is 3.23. The zero-order valence-electron chi connectivity index (χ0n) is 7.78. The first-order valence-corrected chi connectivity index (χ1v) is 5.30. The van der Waals surface area contributed by atoms with E-state index < -0.39 is 0 Å². The maximum absolute atomic E-state index is 9.68. The molecule has 1 aromatic rings. The Labute approximate surface area is 91.7 Å². The average Bonchev–Trinajstić information content (AvgIpc) is 2.18. The molecule has 0 saturated carbocycles. The van der Waals surface area contributed by atoms with E-state index in [9.17, 15) is 5.11 Å². The molecule has 0 radical (unpaired) electrons. The summed E-state index contributed by atoms with van der Waals surface area (Å²) in [6.45, 7) is 0.127. The van der Waals surface area contributed by atoms with Gasteiger partial charge in [0.25, 0.3) is 0 Å². The van der Waals surface area contributed by atoms with E-state index in [1.54, 1.807) is 12.1 Å². The SMILES string of the molecule is N[C@@H](CCCO)c1cccc(Br)c1O. The lowest BCUT2D eigenvalue weighted by molar-refractivity contribution is 0.279. The molecule has 14 heavy (non-hydrogen) atoms. The molecule has 78 valence electrons. The molecule has 0 amide bonds. The maximum atomic E-state index is 9.68. The molecule has 0 bridgehead atoms. The van der Waals surface area contributed by atoms with Crippen LogP contribution in [0.5, 0.6) is 5.75 Å². The van der Waals surface area contributed by atoms with Crippen molar-refractivity contribution in [2.75, 3.05) is 6.61 Å². The Morgan fingerprint density at radius 1 is 1.43 bits per heavy atom. The fraction of sp³-hybridized carbons (Fsp3) is 0.400. The summed E-state index contributed by atoms with van der Waals surface area (Å²) in [5.74, 6) is 0.193. The molecule has 0 saturated heterocycles. The smallest absolute Gasteiger partial charge is 0.134 e. The summed E-state index contributed by atoms with van der Waals surface area (Å²) in [5.41, 5.74) is 6.57. The average molecular weight is 260 g/mol. The van der Waals surface area contributed by atoms with Crippen molar-refractivity contribution in [3.8, 4) is 5.75 Å². The third kappa shape index (κ3) is 2.70. The molecule has 0 aliphatic carbocycles. The van der Waals surface area contributed by atoms with Gasteiger partial charge in [-0.1, -0.05) is 12.1 Å². The Bertz CT molecular complexity index is 304. The van der Waals surface area contributed by atoms with Crippen molar-refractivity contribution in [2.24, 2.45) is 5.73 Å². The quantitative estimate of drug-likeness (QED) is 0.774. The number of phenolic OH excluding ortho intramolecular Hbond substituents is 1. The standard InChI is InChI=1S/C10H14BrNO2/c11-8-4-1-3-7(10(8)14)9(12)5-2-6-13/h1,3-4,9,13-14H,2,5-6,12H2/t9-/m0/s1. The number of nitrogens with two attached hydrogens (primary N) is 1. The third-order valence-corrected chi connectivity index (χ3v) is 2.73. The first-order chi connectivity index (χ1) is 6.66. The molecular weight excluding hydrogens is 246 g/mol. The van der Waals surface area contributed by atoms with Gasteiger partial charge in [-0.05, 0) is 34.8 Å². The fourth-order valence-corrected chi connectivity index (χ4v) is 1.68. The molecular formula is C10H14BrNO2. The normalized spacial score (nSPS) is 12.8. The van der Waals surface area contributed by atoms with Crippen molar-refractivity contribution in [1.82, 2.24) is 0 Å². The number of aromatic hydroxyl groups is 1. The zero-order chi connectivity index (χ0) is 10.6. The Morgan fingerprint density at radius 2 is 2.14 bits per heavy atom. The molecule has 0 unspecified atom stereocenters. The second-order valence-corrected chi connectivity index (χ2v) is 4.00. The van der Waals surface area contributed by atoms with Gasteiger partial charge >= 0.3 is 0 Å². The van der Waals surface area contributed by atoms with Crippen LogP contribution in [0.2, 0.25) is 0 Å². The topological polar surface area (TPSA) is 66.5 Å². The van der Waals surface area contributed by atoms with E-state index in [1.165, 1.54) is 0 Å². The molecule has 1 aromatic carbocycles. The summed E-state index contributed by atoms with van der Waals surface area (Å²) in [6, 6.07) is 5.16. The molecule has 0 aromatic heterocycles. The van der Waals surface area contributed by atoms with Crippen molar-refractivity contribution in [2.45, 2.75) is 18.9 Å². The highest BCUT2D eigenvalue weighted by Gasteiger charge is 2.11. The second kappa shape index (κ2) is 5.34. The Kier molecular flexibility index (Phi) is 4.38. The summed E-state index contributed by atoms with van der Waals surface area (Å²) in [4.78, 5) is 0. The lowest BCUT2D eigenvalue weighted by Crippen LogP contribution is -2.11. The zero-order valence-corrected chi connectivity index (χ0v) is 9.37. The number of hydrogen-bond donors (Lipinski definition) is 3. The lowest BCUT2D eigenvalue weighted by Gasteiger charge is -2.13. The lowest BCUT2D eigenvalue weighted by atomic mass is 10.0. The van der Waals surface area contributed by atoms with Gasteiger partial charge in [-0.3, -0.25) is 0 Å².